The minimum Gasteiger partial charge on any atom is -0.469 e. The van der Waals surface area contributed by atoms with Crippen LogP contribution in [0.5, 0.6) is 0 Å². The maximum atomic E-state index is 12.4. The molecule has 0 saturated carbocycles. The summed E-state index contributed by atoms with van der Waals surface area (Å²) in [6.07, 6.45) is 2.51. The number of anilines is 1. The van der Waals surface area contributed by atoms with E-state index in [9.17, 15) is 24.5 Å². The van der Waals surface area contributed by atoms with Crippen LogP contribution in [0.2, 0.25) is 0 Å². The van der Waals surface area contributed by atoms with Crippen molar-refractivity contribution in [1.82, 2.24) is 5.32 Å². The summed E-state index contributed by atoms with van der Waals surface area (Å²) >= 11 is 0. The molecule has 1 amide bonds. The van der Waals surface area contributed by atoms with E-state index < -0.39 is 23.4 Å². The Labute approximate surface area is 161 Å². The van der Waals surface area contributed by atoms with Gasteiger partial charge in [-0.2, -0.15) is 0 Å². The van der Waals surface area contributed by atoms with Crippen molar-refractivity contribution in [3.63, 3.8) is 0 Å². The number of nitro groups is 1. The van der Waals surface area contributed by atoms with Crippen molar-refractivity contribution in [3.8, 4) is 0 Å². The van der Waals surface area contributed by atoms with Gasteiger partial charge in [0.15, 0.2) is 6.61 Å². The third-order valence-electron chi connectivity index (χ3n) is 4.30. The SMILES string of the molecule is COC(=O)CCCNC(=O)COC(=O)c1cc([N+](=O)[O-])ccc1N1CCCC1. The van der Waals surface area contributed by atoms with Crippen molar-refractivity contribution in [2.75, 3.05) is 38.3 Å². The zero-order valence-corrected chi connectivity index (χ0v) is 15.6. The summed E-state index contributed by atoms with van der Waals surface area (Å²) in [6.45, 7) is 1.22. The zero-order chi connectivity index (χ0) is 20.5. The summed E-state index contributed by atoms with van der Waals surface area (Å²) in [4.78, 5) is 47.6. The summed E-state index contributed by atoms with van der Waals surface area (Å²) in [6, 6.07) is 4.05. The summed E-state index contributed by atoms with van der Waals surface area (Å²) in [7, 11) is 1.28. The van der Waals surface area contributed by atoms with Crippen molar-refractivity contribution in [2.45, 2.75) is 25.7 Å². The van der Waals surface area contributed by atoms with Crippen molar-refractivity contribution < 1.29 is 28.8 Å². The highest BCUT2D eigenvalue weighted by Gasteiger charge is 2.24. The normalized spacial score (nSPS) is 13.1. The first-order chi connectivity index (χ1) is 13.4. The van der Waals surface area contributed by atoms with Gasteiger partial charge in [0.1, 0.15) is 0 Å². The maximum Gasteiger partial charge on any atom is 0.341 e. The topological polar surface area (TPSA) is 128 Å². The Balaban J connectivity index is 1.94. The third kappa shape index (κ3) is 5.93. The van der Waals surface area contributed by atoms with Gasteiger partial charge in [0.05, 0.1) is 23.3 Å². The van der Waals surface area contributed by atoms with E-state index >= 15 is 0 Å². The number of methoxy groups -OCH3 is 1. The van der Waals surface area contributed by atoms with Crippen LogP contribution in [-0.4, -0.2) is 56.1 Å². The molecule has 0 spiro atoms. The second-order valence-corrected chi connectivity index (χ2v) is 6.26. The molecular formula is C18H23N3O7. The van der Waals surface area contributed by atoms with Gasteiger partial charge in [-0.25, -0.2) is 4.79 Å². The van der Waals surface area contributed by atoms with E-state index in [1.807, 2.05) is 4.90 Å². The Morgan fingerprint density at radius 2 is 1.96 bits per heavy atom. The van der Waals surface area contributed by atoms with Crippen LogP contribution >= 0.6 is 0 Å². The molecule has 1 aliphatic rings. The molecule has 0 aliphatic carbocycles. The lowest BCUT2D eigenvalue weighted by Crippen LogP contribution is -2.30. The number of hydrogen-bond donors (Lipinski definition) is 1. The van der Waals surface area contributed by atoms with Crippen LogP contribution in [0.15, 0.2) is 18.2 Å². The highest BCUT2D eigenvalue weighted by Crippen LogP contribution is 2.28. The van der Waals surface area contributed by atoms with Gasteiger partial charge in [0, 0.05) is 38.2 Å². The Bertz CT molecular complexity index is 745. The molecule has 1 heterocycles. The summed E-state index contributed by atoms with van der Waals surface area (Å²) in [5, 5.41) is 13.6. The number of ether oxygens (including phenoxy) is 2. The molecule has 10 nitrogen and oxygen atoms in total. The van der Waals surface area contributed by atoms with Gasteiger partial charge < -0.3 is 19.7 Å². The summed E-state index contributed by atoms with van der Waals surface area (Å²) < 4.78 is 9.52. The number of esters is 2. The molecule has 28 heavy (non-hydrogen) atoms. The first kappa shape index (κ1) is 21.1. The van der Waals surface area contributed by atoms with Crippen LogP contribution in [-0.2, 0) is 19.1 Å². The molecular weight excluding hydrogens is 370 g/mol. The molecule has 0 unspecified atom stereocenters. The molecule has 0 radical (unpaired) electrons. The molecule has 152 valence electrons. The second kappa shape index (κ2) is 10.2. The molecule has 1 fully saturated rings. The molecule has 1 saturated heterocycles. The van der Waals surface area contributed by atoms with Gasteiger partial charge in [-0.1, -0.05) is 0 Å². The fourth-order valence-electron chi connectivity index (χ4n) is 2.86. The fraction of sp³-hybridized carbons (Fsp3) is 0.500. The van der Waals surface area contributed by atoms with E-state index in [0.717, 1.165) is 25.9 Å². The second-order valence-electron chi connectivity index (χ2n) is 6.26. The van der Waals surface area contributed by atoms with Crippen LogP contribution in [0.3, 0.4) is 0 Å². The molecule has 1 aromatic carbocycles. The molecule has 0 atom stereocenters. The van der Waals surface area contributed by atoms with Crippen LogP contribution in [0.4, 0.5) is 11.4 Å². The monoisotopic (exact) mass is 393 g/mol. The summed E-state index contributed by atoms with van der Waals surface area (Å²) in [5.74, 6) is -1.69. The number of rotatable bonds is 9. The number of nitrogens with one attached hydrogen (secondary N) is 1. The number of hydrogen-bond acceptors (Lipinski definition) is 8. The number of nitro benzene ring substituents is 1. The Morgan fingerprint density at radius 1 is 1.25 bits per heavy atom. The molecule has 10 heteroatoms. The lowest BCUT2D eigenvalue weighted by Gasteiger charge is -2.20. The lowest BCUT2D eigenvalue weighted by molar-refractivity contribution is -0.384. The van der Waals surface area contributed by atoms with Gasteiger partial charge >= 0.3 is 11.9 Å². The molecule has 0 aromatic heterocycles. The predicted octanol–water partition coefficient (Wildman–Crippen LogP) is 1.42. The van der Waals surface area contributed by atoms with Crippen LogP contribution < -0.4 is 10.2 Å². The molecule has 1 aliphatic heterocycles. The minimum atomic E-state index is -0.796. The largest absolute Gasteiger partial charge is 0.469 e. The van der Waals surface area contributed by atoms with E-state index in [0.29, 0.717) is 12.1 Å². The smallest absolute Gasteiger partial charge is 0.341 e. The number of non-ortho nitro benzene ring substituents is 1. The predicted molar refractivity (Wildman–Crippen MR) is 99.1 cm³/mol. The van der Waals surface area contributed by atoms with Crippen molar-refractivity contribution >= 4 is 29.2 Å². The third-order valence-corrected chi connectivity index (χ3v) is 4.30. The van der Waals surface area contributed by atoms with E-state index in [1.54, 1.807) is 0 Å². The van der Waals surface area contributed by atoms with E-state index in [4.69, 9.17) is 4.74 Å². The maximum absolute atomic E-state index is 12.4. The van der Waals surface area contributed by atoms with Gasteiger partial charge in [-0.15, -0.1) is 0 Å². The molecule has 1 aromatic rings. The van der Waals surface area contributed by atoms with Crippen LogP contribution in [0.25, 0.3) is 0 Å². The average Bonchev–Trinajstić information content (AvgIpc) is 3.23. The van der Waals surface area contributed by atoms with Crippen LogP contribution in [0, 0.1) is 10.1 Å². The van der Waals surface area contributed by atoms with Crippen molar-refractivity contribution in [3.05, 3.63) is 33.9 Å². The molecule has 0 bridgehead atoms. The van der Waals surface area contributed by atoms with E-state index in [-0.39, 0.29) is 30.2 Å². The van der Waals surface area contributed by atoms with Crippen molar-refractivity contribution in [1.29, 1.82) is 0 Å². The number of nitrogens with zero attached hydrogens (tertiary/aromatic N) is 2. The highest BCUT2D eigenvalue weighted by molar-refractivity contribution is 5.97. The van der Waals surface area contributed by atoms with E-state index in [2.05, 4.69) is 10.1 Å². The van der Waals surface area contributed by atoms with Gasteiger partial charge in [0.2, 0.25) is 0 Å². The minimum absolute atomic E-state index is 0.0644. The molecule has 1 N–H and O–H groups in total. The zero-order valence-electron chi connectivity index (χ0n) is 15.6. The van der Waals surface area contributed by atoms with Gasteiger partial charge in [-0.3, -0.25) is 19.7 Å². The number of carbonyl (C=O) groups excluding carboxylic acids is 3. The first-order valence-corrected chi connectivity index (χ1v) is 8.96. The van der Waals surface area contributed by atoms with Crippen molar-refractivity contribution in [2.24, 2.45) is 0 Å². The van der Waals surface area contributed by atoms with E-state index in [1.165, 1.54) is 25.3 Å². The Kier molecular flexibility index (Phi) is 7.73. The Hall–Kier alpha value is -3.17. The Morgan fingerprint density at radius 3 is 2.61 bits per heavy atom. The summed E-state index contributed by atoms with van der Waals surface area (Å²) in [5.41, 5.74) is 0.406. The first-order valence-electron chi connectivity index (χ1n) is 8.96. The van der Waals surface area contributed by atoms with Gasteiger partial charge in [0.25, 0.3) is 11.6 Å². The number of benzene rings is 1. The highest BCUT2D eigenvalue weighted by atomic mass is 16.6. The average molecular weight is 393 g/mol. The number of amides is 1. The standard InChI is InChI=1S/C18H23N3O7/c1-27-17(23)5-4-8-19-16(22)12-28-18(24)14-11-13(21(25)26)6-7-15(14)20-9-2-3-10-20/h6-7,11H,2-5,8-10,12H2,1H3,(H,19,22). The van der Waals surface area contributed by atoms with Crippen LogP contribution in [0.1, 0.15) is 36.0 Å². The molecule has 2 rings (SSSR count). The van der Waals surface area contributed by atoms with Gasteiger partial charge in [-0.05, 0) is 25.3 Å². The quantitative estimate of drug-likeness (QED) is 0.289. The number of carbonyl (C=O) groups is 3. The fourth-order valence-corrected chi connectivity index (χ4v) is 2.86. The lowest BCUT2D eigenvalue weighted by atomic mass is 10.1.